The smallest absolute Gasteiger partial charge is 0.224 e. The number of aliphatic hydroxyl groups excluding tert-OH is 1. The van der Waals surface area contributed by atoms with Crippen LogP contribution in [0.2, 0.25) is 0 Å². The molecule has 0 aliphatic carbocycles. The van der Waals surface area contributed by atoms with Gasteiger partial charge in [0.25, 0.3) is 0 Å². The van der Waals surface area contributed by atoms with Gasteiger partial charge in [-0.1, -0.05) is 0 Å². The topological polar surface area (TPSA) is 105 Å². The highest BCUT2D eigenvalue weighted by molar-refractivity contribution is 5.96. The Morgan fingerprint density at radius 3 is 2.94 bits per heavy atom. The number of hydrogen-bond donors (Lipinski definition) is 4. The number of amides is 1. The van der Waals surface area contributed by atoms with Crippen molar-refractivity contribution in [3.63, 3.8) is 0 Å². The maximum Gasteiger partial charge on any atom is 0.224 e. The number of aromatic hydroxyl groups is 1. The summed E-state index contributed by atoms with van der Waals surface area (Å²) in [6.45, 7) is 0.207. The molecule has 0 bridgehead atoms. The van der Waals surface area contributed by atoms with Crippen molar-refractivity contribution in [3.05, 3.63) is 17.7 Å². The molecule has 0 radical (unpaired) electrons. The lowest BCUT2D eigenvalue weighted by atomic mass is 10.0. The number of nitrogens with two attached hydrogens (primary N) is 1. The fourth-order valence-corrected chi connectivity index (χ4v) is 1.83. The Labute approximate surface area is 104 Å². The Bertz CT molecular complexity index is 462. The molecule has 1 atom stereocenters. The molecule has 1 aromatic carbocycles. The molecular weight excluding hydrogens is 236 g/mol. The predicted octanol–water partition coefficient (Wildman–Crippen LogP) is -0.0247. The quantitative estimate of drug-likeness (QED) is 0.563. The van der Waals surface area contributed by atoms with Gasteiger partial charge in [-0.25, -0.2) is 0 Å². The molecule has 6 heteroatoms. The Morgan fingerprint density at radius 1 is 1.44 bits per heavy atom. The van der Waals surface area contributed by atoms with Gasteiger partial charge < -0.3 is 26.0 Å². The van der Waals surface area contributed by atoms with Crippen LogP contribution in [0.5, 0.6) is 11.5 Å². The second kappa shape index (κ2) is 5.24. The second-order valence-electron chi connectivity index (χ2n) is 4.19. The highest BCUT2D eigenvalue weighted by Gasteiger charge is 2.22. The number of anilines is 1. The first-order chi connectivity index (χ1) is 8.61. The predicted molar refractivity (Wildman–Crippen MR) is 65.6 cm³/mol. The van der Waals surface area contributed by atoms with Gasteiger partial charge in [0.05, 0.1) is 5.69 Å². The molecule has 1 aliphatic heterocycles. The minimum atomic E-state index is -0.729. The molecule has 1 aliphatic rings. The highest BCUT2D eigenvalue weighted by atomic mass is 16.5. The fourth-order valence-electron chi connectivity index (χ4n) is 1.83. The third kappa shape index (κ3) is 2.55. The molecule has 0 spiro atoms. The summed E-state index contributed by atoms with van der Waals surface area (Å²) in [4.78, 5) is 11.3. The minimum Gasteiger partial charge on any atom is -0.506 e. The number of hydrogen-bond acceptors (Lipinski definition) is 5. The highest BCUT2D eigenvalue weighted by Crippen LogP contribution is 2.37. The van der Waals surface area contributed by atoms with E-state index in [0.29, 0.717) is 24.3 Å². The molecule has 1 amide bonds. The van der Waals surface area contributed by atoms with E-state index in [2.05, 4.69) is 5.32 Å². The first-order valence-corrected chi connectivity index (χ1v) is 5.77. The molecular formula is C12H16N2O4. The Balaban J connectivity index is 2.22. The van der Waals surface area contributed by atoms with E-state index in [1.807, 2.05) is 0 Å². The maximum absolute atomic E-state index is 11.3. The maximum atomic E-state index is 11.3. The molecule has 1 heterocycles. The van der Waals surface area contributed by atoms with E-state index in [4.69, 9.17) is 10.5 Å². The van der Waals surface area contributed by atoms with Crippen LogP contribution in [-0.2, 0) is 11.2 Å². The standard InChI is InChI=1S/C12H16N2O4/c13-5-7(15)6-18-10-3-2-9(16)12-8(10)1-4-11(17)14-12/h2-3,7,15-16H,1,4-6,13H2,(H,14,17)/t7-/m1/s1. The number of ether oxygens (including phenoxy) is 1. The Kier molecular flexibility index (Phi) is 3.69. The Morgan fingerprint density at radius 2 is 2.22 bits per heavy atom. The van der Waals surface area contributed by atoms with E-state index in [9.17, 15) is 15.0 Å². The normalized spacial score (nSPS) is 15.8. The first kappa shape index (κ1) is 12.7. The summed E-state index contributed by atoms with van der Waals surface area (Å²) < 4.78 is 5.45. The first-order valence-electron chi connectivity index (χ1n) is 5.77. The molecule has 0 saturated heterocycles. The van der Waals surface area contributed by atoms with Crippen LogP contribution in [0.1, 0.15) is 12.0 Å². The lowest BCUT2D eigenvalue weighted by molar-refractivity contribution is -0.116. The summed E-state index contributed by atoms with van der Waals surface area (Å²) in [5.74, 6) is 0.442. The van der Waals surface area contributed by atoms with Crippen LogP contribution in [0.3, 0.4) is 0 Å². The number of phenolic OH excluding ortho intramolecular Hbond substituents is 1. The van der Waals surface area contributed by atoms with Gasteiger partial charge in [-0.05, 0) is 18.6 Å². The van der Waals surface area contributed by atoms with Crippen molar-refractivity contribution < 1.29 is 19.7 Å². The molecule has 1 aromatic rings. The number of phenols is 1. The van der Waals surface area contributed by atoms with Gasteiger partial charge in [-0.3, -0.25) is 4.79 Å². The largest absolute Gasteiger partial charge is 0.506 e. The zero-order valence-electron chi connectivity index (χ0n) is 9.85. The van der Waals surface area contributed by atoms with Gasteiger partial charge in [-0.15, -0.1) is 0 Å². The summed E-state index contributed by atoms with van der Waals surface area (Å²) in [6.07, 6.45) is 0.128. The summed E-state index contributed by atoms with van der Waals surface area (Å²) in [7, 11) is 0. The minimum absolute atomic E-state index is 0.0183. The lowest BCUT2D eigenvalue weighted by Crippen LogP contribution is -2.27. The zero-order valence-corrected chi connectivity index (χ0v) is 9.85. The van der Waals surface area contributed by atoms with Crippen LogP contribution in [0.25, 0.3) is 0 Å². The van der Waals surface area contributed by atoms with E-state index in [-0.39, 0.29) is 24.8 Å². The van der Waals surface area contributed by atoms with E-state index in [1.54, 1.807) is 6.07 Å². The third-order valence-electron chi connectivity index (χ3n) is 2.82. The van der Waals surface area contributed by atoms with Crippen molar-refractivity contribution in [2.24, 2.45) is 5.73 Å². The van der Waals surface area contributed by atoms with Crippen molar-refractivity contribution in [1.29, 1.82) is 0 Å². The van der Waals surface area contributed by atoms with E-state index < -0.39 is 6.10 Å². The Hall–Kier alpha value is -1.79. The van der Waals surface area contributed by atoms with E-state index >= 15 is 0 Å². The molecule has 0 fully saturated rings. The second-order valence-corrected chi connectivity index (χ2v) is 4.19. The number of benzene rings is 1. The lowest BCUT2D eigenvalue weighted by Gasteiger charge is -2.21. The molecule has 5 N–H and O–H groups in total. The SMILES string of the molecule is NC[C@@H](O)COc1ccc(O)c2c1CCC(=O)N2. The van der Waals surface area contributed by atoms with Crippen LogP contribution in [0.4, 0.5) is 5.69 Å². The molecule has 0 saturated carbocycles. The van der Waals surface area contributed by atoms with Gasteiger partial charge in [0, 0.05) is 18.5 Å². The number of aliphatic hydroxyl groups is 1. The summed E-state index contributed by atoms with van der Waals surface area (Å²) in [5, 5.41) is 21.6. The number of nitrogens with one attached hydrogen (secondary N) is 1. The van der Waals surface area contributed by atoms with Crippen molar-refractivity contribution in [1.82, 2.24) is 0 Å². The van der Waals surface area contributed by atoms with Crippen molar-refractivity contribution in [3.8, 4) is 11.5 Å². The number of rotatable bonds is 4. The zero-order chi connectivity index (χ0) is 13.1. The molecule has 98 valence electrons. The van der Waals surface area contributed by atoms with Crippen LogP contribution < -0.4 is 15.8 Å². The summed E-state index contributed by atoms with van der Waals surface area (Å²) in [6, 6.07) is 3.07. The van der Waals surface area contributed by atoms with Gasteiger partial charge in [0.15, 0.2) is 0 Å². The number of fused-ring (bicyclic) bond motifs is 1. The summed E-state index contributed by atoms with van der Waals surface area (Å²) in [5.41, 5.74) is 6.43. The van der Waals surface area contributed by atoms with Gasteiger partial charge in [0.1, 0.15) is 24.2 Å². The molecule has 0 aromatic heterocycles. The van der Waals surface area contributed by atoms with E-state index in [0.717, 1.165) is 5.56 Å². The monoisotopic (exact) mass is 252 g/mol. The van der Waals surface area contributed by atoms with Crippen LogP contribution in [0, 0.1) is 0 Å². The number of carbonyl (C=O) groups excluding carboxylic acids is 1. The van der Waals surface area contributed by atoms with Gasteiger partial charge in [-0.2, -0.15) is 0 Å². The summed E-state index contributed by atoms with van der Waals surface area (Å²) >= 11 is 0. The van der Waals surface area contributed by atoms with Crippen molar-refractivity contribution in [2.45, 2.75) is 18.9 Å². The van der Waals surface area contributed by atoms with Gasteiger partial charge in [0.2, 0.25) is 5.91 Å². The fraction of sp³-hybridized carbons (Fsp3) is 0.417. The average Bonchev–Trinajstić information content (AvgIpc) is 2.38. The molecule has 0 unspecified atom stereocenters. The molecule has 6 nitrogen and oxygen atoms in total. The van der Waals surface area contributed by atoms with Crippen LogP contribution in [-0.4, -0.2) is 35.4 Å². The molecule has 2 rings (SSSR count). The van der Waals surface area contributed by atoms with E-state index in [1.165, 1.54) is 6.07 Å². The number of carbonyl (C=O) groups is 1. The third-order valence-corrected chi connectivity index (χ3v) is 2.82. The van der Waals surface area contributed by atoms with Gasteiger partial charge >= 0.3 is 0 Å². The van der Waals surface area contributed by atoms with Crippen molar-refractivity contribution >= 4 is 11.6 Å². The van der Waals surface area contributed by atoms with Crippen LogP contribution >= 0.6 is 0 Å². The van der Waals surface area contributed by atoms with Crippen molar-refractivity contribution in [2.75, 3.05) is 18.5 Å². The average molecular weight is 252 g/mol. The van der Waals surface area contributed by atoms with Crippen LogP contribution in [0.15, 0.2) is 12.1 Å². The molecule has 18 heavy (non-hydrogen) atoms.